The molecule has 0 radical (unpaired) electrons. The molecule has 0 aromatic carbocycles. The molecule has 0 spiro atoms. The van der Waals surface area contributed by atoms with E-state index in [0.717, 1.165) is 12.6 Å². The molecule has 1 aromatic rings. The highest BCUT2D eigenvalue weighted by molar-refractivity contribution is 6.28. The van der Waals surface area contributed by atoms with Gasteiger partial charge in [-0.15, -0.1) is 0 Å². The lowest BCUT2D eigenvalue weighted by molar-refractivity contribution is 0.0293. The Balaban J connectivity index is 2.31. The second-order valence-corrected chi connectivity index (χ2v) is 4.51. The number of ether oxygens (including phenoxy) is 1. The molecule has 0 saturated carbocycles. The Morgan fingerprint density at radius 1 is 1.65 bits per heavy atom. The van der Waals surface area contributed by atoms with E-state index < -0.39 is 5.82 Å². The first-order valence-electron chi connectivity index (χ1n) is 5.68. The second kappa shape index (κ2) is 5.14. The second-order valence-electron chi connectivity index (χ2n) is 4.17. The van der Waals surface area contributed by atoms with E-state index >= 15 is 0 Å². The van der Waals surface area contributed by atoms with Crippen LogP contribution in [0.1, 0.15) is 20.3 Å². The Morgan fingerprint density at radius 2 is 2.41 bits per heavy atom. The maximum Gasteiger partial charge on any atom is 0.224 e. The summed E-state index contributed by atoms with van der Waals surface area (Å²) in [6.07, 6.45) is 2.04. The van der Waals surface area contributed by atoms with Crippen LogP contribution in [0.5, 0.6) is 0 Å². The van der Waals surface area contributed by atoms with Crippen molar-refractivity contribution in [2.75, 3.05) is 18.1 Å². The summed E-state index contributed by atoms with van der Waals surface area (Å²) in [6.45, 7) is 5.19. The maximum absolute atomic E-state index is 13.7. The third-order valence-corrected chi connectivity index (χ3v) is 3.09. The third-order valence-electron chi connectivity index (χ3n) is 2.91. The molecule has 1 aromatic heterocycles. The van der Waals surface area contributed by atoms with Gasteiger partial charge < -0.3 is 9.64 Å². The zero-order chi connectivity index (χ0) is 12.4. The predicted octanol–water partition coefficient (Wildman–Crippen LogP) is 2.27. The van der Waals surface area contributed by atoms with Crippen molar-refractivity contribution in [2.45, 2.75) is 32.4 Å². The summed E-state index contributed by atoms with van der Waals surface area (Å²) in [5.41, 5.74) is 0. The average molecular weight is 260 g/mol. The molecule has 0 amide bonds. The normalized spacial score (nSPS) is 25.1. The predicted molar refractivity (Wildman–Crippen MR) is 63.8 cm³/mol. The first kappa shape index (κ1) is 12.5. The van der Waals surface area contributed by atoms with Crippen LogP contribution in [-0.4, -0.2) is 35.3 Å². The smallest absolute Gasteiger partial charge is 0.224 e. The van der Waals surface area contributed by atoms with E-state index in [1.54, 1.807) is 0 Å². The summed E-state index contributed by atoms with van der Waals surface area (Å²) < 4.78 is 19.3. The van der Waals surface area contributed by atoms with E-state index in [4.69, 9.17) is 16.3 Å². The van der Waals surface area contributed by atoms with E-state index in [9.17, 15) is 4.39 Å². The van der Waals surface area contributed by atoms with Crippen molar-refractivity contribution in [3.63, 3.8) is 0 Å². The average Bonchev–Trinajstić information content (AvgIpc) is 2.32. The number of aromatic nitrogens is 2. The van der Waals surface area contributed by atoms with Crippen molar-refractivity contribution in [1.82, 2.24) is 9.97 Å². The van der Waals surface area contributed by atoms with Gasteiger partial charge in [-0.2, -0.15) is 4.98 Å². The SMILES string of the molecule is CCC1COC(C)CN1c1nc(Cl)ncc1F. The Hall–Kier alpha value is -0.940. The number of rotatable bonds is 2. The molecule has 94 valence electrons. The molecule has 0 aliphatic carbocycles. The van der Waals surface area contributed by atoms with Crippen LogP contribution < -0.4 is 4.90 Å². The molecule has 1 fully saturated rings. The van der Waals surface area contributed by atoms with Crippen LogP contribution >= 0.6 is 11.6 Å². The first-order chi connectivity index (χ1) is 8.11. The maximum atomic E-state index is 13.7. The van der Waals surface area contributed by atoms with Crippen LogP contribution in [0.4, 0.5) is 10.2 Å². The largest absolute Gasteiger partial charge is 0.375 e. The molecule has 1 aliphatic rings. The first-order valence-corrected chi connectivity index (χ1v) is 6.06. The minimum atomic E-state index is -0.443. The third kappa shape index (κ3) is 2.66. The fourth-order valence-electron chi connectivity index (χ4n) is 1.98. The topological polar surface area (TPSA) is 38.2 Å². The highest BCUT2D eigenvalue weighted by Crippen LogP contribution is 2.24. The van der Waals surface area contributed by atoms with Crippen LogP contribution in [0, 0.1) is 5.82 Å². The highest BCUT2D eigenvalue weighted by Gasteiger charge is 2.28. The highest BCUT2D eigenvalue weighted by atomic mass is 35.5. The summed E-state index contributed by atoms with van der Waals surface area (Å²) in [7, 11) is 0. The van der Waals surface area contributed by atoms with E-state index in [0.29, 0.717) is 13.2 Å². The molecule has 1 saturated heterocycles. The summed E-state index contributed by atoms with van der Waals surface area (Å²) in [4.78, 5) is 9.52. The molecule has 0 bridgehead atoms. The Morgan fingerprint density at radius 3 is 3.12 bits per heavy atom. The molecular formula is C11H15ClFN3O. The summed E-state index contributed by atoms with van der Waals surface area (Å²) in [5, 5.41) is 0.0652. The summed E-state index contributed by atoms with van der Waals surface area (Å²) in [5.74, 6) is -0.172. The van der Waals surface area contributed by atoms with Crippen LogP contribution in [0.2, 0.25) is 5.28 Å². The minimum Gasteiger partial charge on any atom is -0.375 e. The lowest BCUT2D eigenvalue weighted by atomic mass is 10.1. The van der Waals surface area contributed by atoms with Crippen LogP contribution in [0.15, 0.2) is 6.20 Å². The number of halogens is 2. The molecule has 2 heterocycles. The summed E-state index contributed by atoms with van der Waals surface area (Å²) in [6, 6.07) is 0.131. The molecule has 2 unspecified atom stereocenters. The molecule has 17 heavy (non-hydrogen) atoms. The van der Waals surface area contributed by atoms with Gasteiger partial charge in [-0.3, -0.25) is 0 Å². The lowest BCUT2D eigenvalue weighted by Gasteiger charge is -2.39. The number of anilines is 1. The van der Waals surface area contributed by atoms with Crippen molar-refractivity contribution >= 4 is 17.4 Å². The van der Waals surface area contributed by atoms with Crippen LogP contribution in [-0.2, 0) is 4.74 Å². The number of nitrogens with zero attached hydrogens (tertiary/aromatic N) is 3. The standard InChI is InChI=1S/C11H15ClFN3O/c1-3-8-6-17-7(2)5-16(8)10-9(13)4-14-11(12)15-10/h4,7-8H,3,5-6H2,1-2H3. The minimum absolute atomic E-state index is 0.0611. The van der Waals surface area contributed by atoms with E-state index in [2.05, 4.69) is 9.97 Å². The zero-order valence-corrected chi connectivity index (χ0v) is 10.6. The Bertz CT molecular complexity index is 404. The van der Waals surface area contributed by atoms with Gasteiger partial charge in [0.05, 0.1) is 24.9 Å². The Kier molecular flexibility index (Phi) is 3.79. The van der Waals surface area contributed by atoms with Gasteiger partial charge in [-0.25, -0.2) is 9.37 Å². The zero-order valence-electron chi connectivity index (χ0n) is 9.86. The molecule has 6 heteroatoms. The van der Waals surface area contributed by atoms with Crippen molar-refractivity contribution in [1.29, 1.82) is 0 Å². The van der Waals surface area contributed by atoms with Gasteiger partial charge in [-0.1, -0.05) is 6.92 Å². The lowest BCUT2D eigenvalue weighted by Crippen LogP contribution is -2.49. The van der Waals surface area contributed by atoms with E-state index in [1.807, 2.05) is 18.7 Å². The van der Waals surface area contributed by atoms with Gasteiger partial charge in [0.1, 0.15) is 0 Å². The van der Waals surface area contributed by atoms with Crippen LogP contribution in [0.25, 0.3) is 0 Å². The molecule has 4 nitrogen and oxygen atoms in total. The van der Waals surface area contributed by atoms with Crippen molar-refractivity contribution in [2.24, 2.45) is 0 Å². The van der Waals surface area contributed by atoms with Gasteiger partial charge in [0.25, 0.3) is 0 Å². The van der Waals surface area contributed by atoms with Gasteiger partial charge >= 0.3 is 0 Å². The fraction of sp³-hybridized carbons (Fsp3) is 0.636. The quantitative estimate of drug-likeness (QED) is 0.764. The van der Waals surface area contributed by atoms with Gasteiger partial charge in [0.2, 0.25) is 5.28 Å². The molecule has 1 aliphatic heterocycles. The van der Waals surface area contributed by atoms with E-state index in [-0.39, 0.29) is 23.2 Å². The number of morpholine rings is 1. The van der Waals surface area contributed by atoms with Crippen molar-refractivity contribution in [3.8, 4) is 0 Å². The molecule has 0 N–H and O–H groups in total. The monoisotopic (exact) mass is 259 g/mol. The van der Waals surface area contributed by atoms with Gasteiger partial charge in [0, 0.05) is 6.54 Å². The van der Waals surface area contributed by atoms with Gasteiger partial charge in [0.15, 0.2) is 11.6 Å². The molecule has 2 rings (SSSR count). The summed E-state index contributed by atoms with van der Waals surface area (Å²) >= 11 is 5.72. The van der Waals surface area contributed by atoms with E-state index in [1.165, 1.54) is 0 Å². The Labute approximate surface area is 105 Å². The van der Waals surface area contributed by atoms with Crippen molar-refractivity contribution < 1.29 is 9.13 Å². The number of hydrogen-bond acceptors (Lipinski definition) is 4. The number of hydrogen-bond donors (Lipinski definition) is 0. The fourth-order valence-corrected chi connectivity index (χ4v) is 2.11. The van der Waals surface area contributed by atoms with Crippen LogP contribution in [0.3, 0.4) is 0 Å². The van der Waals surface area contributed by atoms with Crippen molar-refractivity contribution in [3.05, 3.63) is 17.3 Å². The van der Waals surface area contributed by atoms with Gasteiger partial charge in [-0.05, 0) is 24.9 Å². The molecular weight excluding hydrogens is 245 g/mol. The molecule has 2 atom stereocenters.